The lowest BCUT2D eigenvalue weighted by Gasteiger charge is -2.29. The molecule has 87 heavy (non-hydrogen) atoms. The number of hydrogen-bond donors (Lipinski definition) is 0. The molecule has 0 unspecified atom stereocenters. The second-order valence-corrected chi connectivity index (χ2v) is 29.2. The van der Waals surface area contributed by atoms with E-state index in [9.17, 15) is 0 Å². The molecule has 3 aliphatic rings. The summed E-state index contributed by atoms with van der Waals surface area (Å²) in [5, 5.41) is 0. The fourth-order valence-corrected chi connectivity index (χ4v) is 14.6. The van der Waals surface area contributed by atoms with Crippen molar-refractivity contribution >= 4 is 58.4 Å². The molecule has 2 heteroatoms. The van der Waals surface area contributed by atoms with Gasteiger partial charge in [0.2, 0.25) is 0 Å². The van der Waals surface area contributed by atoms with Gasteiger partial charge < -0.3 is 9.80 Å². The lowest BCUT2D eigenvalue weighted by molar-refractivity contribution is 0.590. The maximum atomic E-state index is 2.45. The molecule has 0 saturated heterocycles. The largest absolute Gasteiger partial charge is 0.310 e. The first-order valence-corrected chi connectivity index (χ1v) is 31.4. The summed E-state index contributed by atoms with van der Waals surface area (Å²) in [4.78, 5) is 4.87. The highest BCUT2D eigenvalue weighted by Gasteiger charge is 2.39. The molecule has 0 bridgehead atoms. The van der Waals surface area contributed by atoms with E-state index < -0.39 is 0 Å². The molecule has 0 saturated carbocycles. The summed E-state index contributed by atoms with van der Waals surface area (Å²) in [7, 11) is 0. The Morgan fingerprint density at radius 2 is 0.483 bits per heavy atom. The molecule has 0 atom stereocenters. The quantitative estimate of drug-likeness (QED) is 0.126. The van der Waals surface area contributed by atoms with Gasteiger partial charge in [-0.3, -0.25) is 0 Å². The Morgan fingerprint density at radius 3 is 0.736 bits per heavy atom. The molecule has 0 aliphatic heterocycles. The molecule has 2 nitrogen and oxygen atoms in total. The minimum atomic E-state index is -0.187. The van der Waals surface area contributed by atoms with Gasteiger partial charge in [0.25, 0.3) is 0 Å². The first kappa shape index (κ1) is 57.4. The first-order chi connectivity index (χ1) is 41.2. The number of hydrogen-bond acceptors (Lipinski definition) is 2. The van der Waals surface area contributed by atoms with Crippen LogP contribution >= 0.6 is 0 Å². The zero-order valence-corrected chi connectivity index (χ0v) is 54.2. The molecule has 3 aliphatic carbocycles. The van der Waals surface area contributed by atoms with Crippen molar-refractivity contribution in [3.8, 4) is 33.4 Å². The Kier molecular flexibility index (Phi) is 13.7. The molecular formula is C85H84N2. The van der Waals surface area contributed by atoms with Crippen LogP contribution in [0.25, 0.3) is 57.7 Å². The van der Waals surface area contributed by atoms with Gasteiger partial charge in [0, 0.05) is 50.4 Å². The summed E-state index contributed by atoms with van der Waals surface area (Å²) < 4.78 is 0. The highest BCUT2D eigenvalue weighted by atomic mass is 15.1. The molecule has 0 heterocycles. The third-order valence-corrected chi connectivity index (χ3v) is 19.5. The molecule has 0 aromatic heterocycles. The van der Waals surface area contributed by atoms with Crippen LogP contribution < -0.4 is 9.80 Å². The molecule has 0 amide bonds. The normalized spacial score (nSPS) is 14.9. The highest BCUT2D eigenvalue weighted by Crippen LogP contribution is 2.54. The summed E-state index contributed by atoms with van der Waals surface area (Å²) in [6.07, 6.45) is 9.22. The molecule has 0 N–H and O–H groups in total. The molecule has 13 rings (SSSR count). The van der Waals surface area contributed by atoms with Gasteiger partial charge in [-0.2, -0.15) is 0 Å². The lowest BCUT2D eigenvalue weighted by Crippen LogP contribution is -2.17. The van der Waals surface area contributed by atoms with E-state index in [4.69, 9.17) is 0 Å². The van der Waals surface area contributed by atoms with E-state index >= 15 is 0 Å². The third kappa shape index (κ3) is 10.2. The van der Waals surface area contributed by atoms with E-state index in [0.717, 1.165) is 0 Å². The van der Waals surface area contributed by atoms with Crippen molar-refractivity contribution in [1.82, 2.24) is 0 Å². The van der Waals surface area contributed by atoms with E-state index in [2.05, 4.69) is 339 Å². The molecule has 434 valence electrons. The van der Waals surface area contributed by atoms with Crippen LogP contribution in [-0.4, -0.2) is 0 Å². The minimum absolute atomic E-state index is 0.0802. The molecule has 10 aromatic carbocycles. The van der Waals surface area contributed by atoms with Crippen molar-refractivity contribution in [3.05, 3.63) is 283 Å². The summed E-state index contributed by atoms with van der Waals surface area (Å²) in [6.45, 7) is 36.8. The Bertz CT molecular complexity index is 4140. The van der Waals surface area contributed by atoms with Crippen molar-refractivity contribution in [2.75, 3.05) is 9.80 Å². The second-order valence-electron chi connectivity index (χ2n) is 29.2. The van der Waals surface area contributed by atoms with Crippen molar-refractivity contribution in [1.29, 1.82) is 0 Å². The van der Waals surface area contributed by atoms with Gasteiger partial charge in [-0.1, -0.05) is 229 Å². The summed E-state index contributed by atoms with van der Waals surface area (Å²) in [6, 6.07) is 74.6. The van der Waals surface area contributed by atoms with Crippen molar-refractivity contribution < 1.29 is 0 Å². The third-order valence-electron chi connectivity index (χ3n) is 19.5. The van der Waals surface area contributed by atoms with Crippen LogP contribution in [0.5, 0.6) is 0 Å². The van der Waals surface area contributed by atoms with Gasteiger partial charge >= 0.3 is 0 Å². The van der Waals surface area contributed by atoms with E-state index in [1.807, 2.05) is 0 Å². The van der Waals surface area contributed by atoms with Gasteiger partial charge in [-0.05, 0) is 234 Å². The molecule has 0 spiro atoms. The SMILES string of the molecule is Cc1cc(C)cc(N(c2ccc(C(C)(C)C)cc2)c2ccc3c(c2)C(C)(C)c2cc(C=Cc4ccc5c(c4)C(C)(C)c4cc(C=Cc6ccc7c(c6)C(C)(C)c6cc(N(c8ccc(C(C)(C)C)cc8)c8cc(C)cc(C)c8)ccc6-7)ccc4-5)ccc2-3)c1. The average molecular weight is 1130 g/mol. The number of rotatable bonds is 10. The van der Waals surface area contributed by atoms with E-state index in [-0.39, 0.29) is 27.1 Å². The predicted molar refractivity (Wildman–Crippen MR) is 376 cm³/mol. The zero-order valence-electron chi connectivity index (χ0n) is 54.2. The molecule has 0 radical (unpaired) electrons. The van der Waals surface area contributed by atoms with Crippen molar-refractivity contribution in [3.63, 3.8) is 0 Å². The Balaban J connectivity index is 0.730. The topological polar surface area (TPSA) is 6.48 Å². The van der Waals surface area contributed by atoms with E-state index in [0.29, 0.717) is 0 Å². The number of nitrogens with zero attached hydrogens (tertiary/aromatic N) is 2. The summed E-state index contributed by atoms with van der Waals surface area (Å²) >= 11 is 0. The van der Waals surface area contributed by atoms with Gasteiger partial charge in [-0.15, -0.1) is 0 Å². The number of benzene rings is 10. The van der Waals surface area contributed by atoms with Gasteiger partial charge in [0.05, 0.1) is 0 Å². The lowest BCUT2D eigenvalue weighted by atomic mass is 9.81. The first-order valence-electron chi connectivity index (χ1n) is 31.4. The minimum Gasteiger partial charge on any atom is -0.310 e. The van der Waals surface area contributed by atoms with Crippen LogP contribution in [0, 0.1) is 27.7 Å². The monoisotopic (exact) mass is 1130 g/mol. The molecule has 10 aromatic rings. The van der Waals surface area contributed by atoms with Gasteiger partial charge in [0.1, 0.15) is 0 Å². The van der Waals surface area contributed by atoms with Crippen molar-refractivity contribution in [2.45, 2.75) is 138 Å². The fourth-order valence-electron chi connectivity index (χ4n) is 14.6. The van der Waals surface area contributed by atoms with Crippen LogP contribution in [-0.2, 0) is 27.1 Å². The van der Waals surface area contributed by atoms with Crippen LogP contribution in [0.4, 0.5) is 34.1 Å². The van der Waals surface area contributed by atoms with Crippen molar-refractivity contribution in [2.24, 2.45) is 0 Å². The van der Waals surface area contributed by atoms with E-state index in [1.54, 1.807) is 0 Å². The second kappa shape index (κ2) is 20.7. The summed E-state index contributed by atoms with van der Waals surface area (Å²) in [5.41, 5.74) is 35.4. The highest BCUT2D eigenvalue weighted by molar-refractivity contribution is 5.90. The maximum Gasteiger partial charge on any atom is 0.0466 e. The Hall–Kier alpha value is -8.72. The van der Waals surface area contributed by atoms with Crippen LogP contribution in [0.1, 0.15) is 172 Å². The number of fused-ring (bicyclic) bond motifs is 9. The standard InChI is InChI=1S/C85H84N2/c1-53-41-54(2)44-67(43-53)86(63-29-25-61(26-30-63)81(5,6)7)65-33-39-73-71-37-23-59(49-77(71)84(13,14)79(73)51-65)19-17-57-21-35-69-70-36-22-58(48-76(70)83(11,12)75(69)47-57)18-20-60-24-38-72-74-40-34-66(52-80(74)85(15,16)78(72)50-60)87(68-45-55(3)42-56(4)46-68)64-31-27-62(28-32-64)82(8,9)10/h17-52H,1-16H3. The predicted octanol–water partition coefficient (Wildman–Crippen LogP) is 23.7. The number of aryl methyl sites for hydroxylation is 4. The molecular weight excluding hydrogens is 1050 g/mol. The Morgan fingerprint density at radius 1 is 0.253 bits per heavy atom. The number of anilines is 6. The van der Waals surface area contributed by atoms with Crippen LogP contribution in [0.3, 0.4) is 0 Å². The van der Waals surface area contributed by atoms with Crippen LogP contribution in [0.2, 0.25) is 0 Å². The molecule has 0 fully saturated rings. The maximum absolute atomic E-state index is 2.45. The van der Waals surface area contributed by atoms with Crippen LogP contribution in [0.15, 0.2) is 194 Å². The van der Waals surface area contributed by atoms with Gasteiger partial charge in [-0.25, -0.2) is 0 Å². The summed E-state index contributed by atoms with van der Waals surface area (Å²) in [5.74, 6) is 0. The fraction of sp³-hybridized carbons (Fsp3) is 0.247. The smallest absolute Gasteiger partial charge is 0.0466 e. The van der Waals surface area contributed by atoms with Gasteiger partial charge in [0.15, 0.2) is 0 Å². The Labute approximate surface area is 519 Å². The zero-order chi connectivity index (χ0) is 61.3. The average Bonchev–Trinajstić information content (AvgIpc) is 1.65. The van der Waals surface area contributed by atoms with E-state index in [1.165, 1.54) is 157 Å².